The number of ether oxygens (including phenoxy) is 1. The summed E-state index contributed by atoms with van der Waals surface area (Å²) in [6.45, 7) is 11.0. The number of rotatable bonds is 6. The number of hydrogen-bond donors (Lipinski definition) is 1. The normalized spacial score (nSPS) is 17.4. The number of ketones is 2. The lowest BCUT2D eigenvalue weighted by Crippen LogP contribution is -2.49. The maximum Gasteiger partial charge on any atom is 0.221 e. The van der Waals surface area contributed by atoms with Gasteiger partial charge in [-0.25, -0.2) is 0 Å². The molecule has 1 N–H and O–H groups in total. The second-order valence-electron chi connectivity index (χ2n) is 7.99. The van der Waals surface area contributed by atoms with Crippen LogP contribution in [0.3, 0.4) is 0 Å². The van der Waals surface area contributed by atoms with E-state index in [0.29, 0.717) is 23.3 Å². The Morgan fingerprint density at radius 1 is 1.38 bits per heavy atom. The van der Waals surface area contributed by atoms with E-state index >= 15 is 0 Å². The third-order valence-corrected chi connectivity index (χ3v) is 4.72. The van der Waals surface area contributed by atoms with Crippen LogP contribution in [-0.4, -0.2) is 30.6 Å². The maximum absolute atomic E-state index is 12.6. The molecule has 0 aliphatic heterocycles. The van der Waals surface area contributed by atoms with Gasteiger partial charge in [-0.1, -0.05) is 27.4 Å². The fourth-order valence-corrected chi connectivity index (χ4v) is 3.25. The summed E-state index contributed by atoms with van der Waals surface area (Å²) in [7, 11) is 1.57. The molecule has 0 spiro atoms. The minimum atomic E-state index is -0.644. The molecule has 0 saturated carbocycles. The van der Waals surface area contributed by atoms with E-state index in [0.717, 1.165) is 5.56 Å². The number of nitrogens with one attached hydrogen (secondary N) is 1. The zero-order valence-corrected chi connectivity index (χ0v) is 16.1. The van der Waals surface area contributed by atoms with Crippen LogP contribution in [0.25, 0.3) is 0 Å². The van der Waals surface area contributed by atoms with Crippen LogP contribution < -0.4 is 10.1 Å². The molecule has 5 nitrogen and oxygen atoms in total. The molecular weight excluding hydrogens is 330 g/mol. The molecule has 1 aliphatic carbocycles. The molecule has 142 valence electrons. The highest BCUT2D eigenvalue weighted by atomic mass is 16.5. The molecule has 1 aromatic carbocycles. The number of fused-ring (bicyclic) bond motifs is 1. The van der Waals surface area contributed by atoms with Crippen LogP contribution in [0.4, 0.5) is 0 Å². The minimum absolute atomic E-state index is 0. The van der Waals surface area contributed by atoms with Crippen molar-refractivity contribution in [1.82, 2.24) is 5.32 Å². The lowest BCUT2D eigenvalue weighted by Gasteiger charge is -2.30. The molecule has 1 aromatic rings. The van der Waals surface area contributed by atoms with E-state index in [4.69, 9.17) is 4.74 Å². The lowest BCUT2D eigenvalue weighted by atomic mass is 9.82. The van der Waals surface area contributed by atoms with E-state index in [1.54, 1.807) is 26.2 Å². The molecule has 0 heterocycles. The highest BCUT2D eigenvalue weighted by Crippen LogP contribution is 2.37. The Bertz CT molecular complexity index is 764. The molecule has 2 unspecified atom stereocenters. The minimum Gasteiger partial charge on any atom is -0.497 e. The molecule has 26 heavy (non-hydrogen) atoms. The van der Waals surface area contributed by atoms with Crippen molar-refractivity contribution < 1.29 is 20.5 Å². The summed E-state index contributed by atoms with van der Waals surface area (Å²) < 4.78 is 5.23. The molecule has 0 fully saturated rings. The van der Waals surface area contributed by atoms with Gasteiger partial charge in [0.25, 0.3) is 0 Å². The third-order valence-electron chi connectivity index (χ3n) is 4.72. The molecule has 2 rings (SSSR count). The van der Waals surface area contributed by atoms with Crippen LogP contribution in [0.5, 0.6) is 5.75 Å². The Hall–Kier alpha value is -2.43. The Labute approximate surface area is 156 Å². The van der Waals surface area contributed by atoms with Gasteiger partial charge in [0.15, 0.2) is 11.6 Å². The van der Waals surface area contributed by atoms with Gasteiger partial charge >= 0.3 is 0 Å². The predicted octanol–water partition coefficient (Wildman–Crippen LogP) is 3.68. The molecule has 1 aliphatic rings. The molecule has 0 aromatic heterocycles. The number of amides is 1. The summed E-state index contributed by atoms with van der Waals surface area (Å²) in [5.74, 6) is 0.0799. The zero-order valence-electron chi connectivity index (χ0n) is 16.1. The van der Waals surface area contributed by atoms with E-state index in [2.05, 4.69) is 11.9 Å². The van der Waals surface area contributed by atoms with Gasteiger partial charge in [-0.15, -0.1) is 0 Å². The molecule has 0 radical (unpaired) electrons. The van der Waals surface area contributed by atoms with Gasteiger partial charge in [-0.2, -0.15) is 0 Å². The van der Waals surface area contributed by atoms with Gasteiger partial charge in [0, 0.05) is 25.7 Å². The number of carbonyl (C=O) groups excluding carboxylic acids is 3. The predicted molar refractivity (Wildman–Crippen MR) is 103 cm³/mol. The first kappa shape index (κ1) is 19.9. The van der Waals surface area contributed by atoms with Gasteiger partial charge in [0.05, 0.1) is 13.2 Å². The van der Waals surface area contributed by atoms with Gasteiger partial charge < -0.3 is 10.1 Å². The van der Waals surface area contributed by atoms with E-state index in [-0.39, 0.29) is 31.2 Å². The Kier molecular flexibility index (Phi) is 5.69. The van der Waals surface area contributed by atoms with Crippen molar-refractivity contribution in [2.75, 3.05) is 7.11 Å². The summed E-state index contributed by atoms with van der Waals surface area (Å²) >= 11 is 0. The van der Waals surface area contributed by atoms with Crippen molar-refractivity contribution in [2.45, 2.75) is 52.5 Å². The van der Waals surface area contributed by atoms with E-state index in [9.17, 15) is 14.4 Å². The first-order valence-electron chi connectivity index (χ1n) is 8.74. The average Bonchev–Trinajstić information content (AvgIpc) is 2.86. The number of methoxy groups -OCH3 is 1. The fraction of sp³-hybridized carbons (Fsp3) is 0.476. The first-order chi connectivity index (χ1) is 12.0. The highest BCUT2D eigenvalue weighted by Gasteiger charge is 2.35. The molecule has 0 saturated heterocycles. The summed E-state index contributed by atoms with van der Waals surface area (Å²) in [4.78, 5) is 37.2. The summed E-state index contributed by atoms with van der Waals surface area (Å²) in [6, 6.07) is 4.67. The van der Waals surface area contributed by atoms with Crippen molar-refractivity contribution in [3.63, 3.8) is 0 Å². The smallest absolute Gasteiger partial charge is 0.221 e. The Balaban J connectivity index is 0.00000364. The highest BCUT2D eigenvalue weighted by molar-refractivity contribution is 6.03. The van der Waals surface area contributed by atoms with Gasteiger partial charge in [0.2, 0.25) is 5.91 Å². The molecule has 2 atom stereocenters. The van der Waals surface area contributed by atoms with Gasteiger partial charge in [0.1, 0.15) is 5.75 Å². The van der Waals surface area contributed by atoms with Crippen molar-refractivity contribution >= 4 is 17.5 Å². The van der Waals surface area contributed by atoms with E-state index in [1.807, 2.05) is 26.8 Å². The third kappa shape index (κ3) is 4.21. The monoisotopic (exact) mass is 359 g/mol. The van der Waals surface area contributed by atoms with Crippen LogP contribution in [-0.2, 0) is 9.59 Å². The number of Topliss-reactive ketones (excluding diaryl/α,β-unsaturated/α-hetero) is 2. The van der Waals surface area contributed by atoms with Crippen molar-refractivity contribution in [2.24, 2.45) is 5.41 Å². The first-order valence-corrected chi connectivity index (χ1v) is 8.74. The fourth-order valence-electron chi connectivity index (χ4n) is 3.25. The quantitative estimate of drug-likeness (QED) is 0.787. The maximum atomic E-state index is 12.6. The Morgan fingerprint density at radius 3 is 2.58 bits per heavy atom. The molecular formula is C21H29NO4. The van der Waals surface area contributed by atoms with Crippen molar-refractivity contribution in [3.8, 4) is 5.75 Å². The Morgan fingerprint density at radius 2 is 2.04 bits per heavy atom. The number of hydrogen-bond acceptors (Lipinski definition) is 4. The topological polar surface area (TPSA) is 72.5 Å². The second-order valence-corrected chi connectivity index (χ2v) is 7.99. The van der Waals surface area contributed by atoms with Crippen LogP contribution in [0.1, 0.15) is 63.8 Å². The zero-order chi connectivity index (χ0) is 19.6. The molecule has 0 bridgehead atoms. The van der Waals surface area contributed by atoms with Crippen LogP contribution in [0.15, 0.2) is 30.4 Å². The standard InChI is InChI=1S/C21H27NO4.H2/c1-12(2)19(25)20(21(3,4)5)22-18(24)10-13-9-17(23)15-8-7-14(26-6)11-16(13)15;/h7-8,11,13,20H,1,9-10H2,2-6H3,(H,22,24);1H. The second kappa shape index (κ2) is 7.44. The van der Waals surface area contributed by atoms with Crippen molar-refractivity contribution in [3.05, 3.63) is 41.5 Å². The van der Waals surface area contributed by atoms with E-state index in [1.165, 1.54) is 0 Å². The van der Waals surface area contributed by atoms with Crippen LogP contribution in [0, 0.1) is 5.41 Å². The summed E-state index contributed by atoms with van der Waals surface area (Å²) in [5.41, 5.74) is 1.46. The lowest BCUT2D eigenvalue weighted by molar-refractivity contribution is -0.128. The van der Waals surface area contributed by atoms with Gasteiger partial charge in [-0.05, 0) is 41.7 Å². The number of carbonyl (C=O) groups is 3. The van der Waals surface area contributed by atoms with Crippen LogP contribution in [0.2, 0.25) is 0 Å². The average molecular weight is 359 g/mol. The summed E-state index contributed by atoms with van der Waals surface area (Å²) in [6.07, 6.45) is 0.451. The number of benzene rings is 1. The van der Waals surface area contributed by atoms with Crippen LogP contribution >= 0.6 is 0 Å². The van der Waals surface area contributed by atoms with Crippen molar-refractivity contribution in [1.29, 1.82) is 0 Å². The SMILES string of the molecule is C=C(C)C(=O)C(NC(=O)CC1CC(=O)c2ccc(OC)cc21)C(C)(C)C.[HH]. The molecule has 1 amide bonds. The van der Waals surface area contributed by atoms with E-state index < -0.39 is 11.5 Å². The van der Waals surface area contributed by atoms with Gasteiger partial charge in [-0.3, -0.25) is 14.4 Å². The summed E-state index contributed by atoms with van der Waals surface area (Å²) in [5, 5.41) is 2.85. The molecule has 5 heteroatoms. The largest absolute Gasteiger partial charge is 0.497 e.